The molecule has 0 saturated heterocycles. The predicted octanol–water partition coefficient (Wildman–Crippen LogP) is 6.16. The van der Waals surface area contributed by atoms with Crippen molar-refractivity contribution in [2.24, 2.45) is 0 Å². The normalized spacial score (nSPS) is 10.5. The number of carbonyl (C=O) groups excluding carboxylic acids is 2. The lowest BCUT2D eigenvalue weighted by Crippen LogP contribution is -2.17. The van der Waals surface area contributed by atoms with Gasteiger partial charge in [-0.3, -0.25) is 4.79 Å². The second-order valence-corrected chi connectivity index (χ2v) is 6.66. The number of Topliss-reactive ketones (excluding diaryl/α,β-unsaturated/α-hetero) is 1. The quantitative estimate of drug-likeness (QED) is 0.130. The highest BCUT2D eigenvalue weighted by molar-refractivity contribution is 6.33. The molecular formula is C21H38O3. The molecule has 3 heteroatoms. The number of rotatable bonds is 18. The molecule has 0 amide bonds. The number of carbonyl (C=O) groups is 2. The minimum absolute atomic E-state index is 0.114. The molecule has 0 atom stereocenters. The second kappa shape index (κ2) is 18.2. The Bertz CT molecular complexity index is 323. The minimum atomic E-state index is -0.718. The van der Waals surface area contributed by atoms with Gasteiger partial charge in [-0.05, 0) is 6.42 Å². The Balaban J connectivity index is 3.21. The summed E-state index contributed by atoms with van der Waals surface area (Å²) in [7, 11) is 0. The first-order chi connectivity index (χ1) is 11.7. The third-order valence-corrected chi connectivity index (χ3v) is 4.32. The summed E-state index contributed by atoms with van der Waals surface area (Å²) in [4.78, 5) is 22.7. The predicted molar refractivity (Wildman–Crippen MR) is 101 cm³/mol. The number of ketones is 1. The lowest BCUT2D eigenvalue weighted by molar-refractivity contribution is -0.153. The van der Waals surface area contributed by atoms with Crippen molar-refractivity contribution in [2.75, 3.05) is 6.61 Å². The molecule has 0 aliphatic heterocycles. The zero-order valence-electron chi connectivity index (χ0n) is 15.8. The molecular weight excluding hydrogens is 300 g/mol. The Morgan fingerprint density at radius 1 is 0.750 bits per heavy atom. The van der Waals surface area contributed by atoms with E-state index >= 15 is 0 Å². The Kier molecular flexibility index (Phi) is 17.4. The first-order valence-electron chi connectivity index (χ1n) is 10.0. The van der Waals surface area contributed by atoms with E-state index in [0.29, 0.717) is 6.42 Å². The van der Waals surface area contributed by atoms with Gasteiger partial charge in [0, 0.05) is 6.42 Å². The molecule has 0 aromatic carbocycles. The molecule has 0 spiro atoms. The highest BCUT2D eigenvalue weighted by Crippen LogP contribution is 2.13. The molecule has 140 valence electrons. The molecule has 0 N–H and O–H groups in total. The lowest BCUT2D eigenvalue weighted by atomic mass is 10.0. The Morgan fingerprint density at radius 3 is 1.58 bits per heavy atom. The van der Waals surface area contributed by atoms with Crippen LogP contribution in [0.3, 0.4) is 0 Å². The third kappa shape index (κ3) is 15.8. The fraction of sp³-hybridized carbons (Fsp3) is 0.810. The fourth-order valence-corrected chi connectivity index (χ4v) is 2.80. The Labute approximate surface area is 149 Å². The topological polar surface area (TPSA) is 43.4 Å². The largest absolute Gasteiger partial charge is 0.456 e. The number of ether oxygens (including phenoxy) is 1. The van der Waals surface area contributed by atoms with E-state index < -0.39 is 11.8 Å². The van der Waals surface area contributed by atoms with Crippen LogP contribution >= 0.6 is 0 Å². The average Bonchev–Trinajstić information content (AvgIpc) is 2.59. The van der Waals surface area contributed by atoms with Crippen LogP contribution in [0.15, 0.2) is 12.7 Å². The van der Waals surface area contributed by atoms with E-state index in [9.17, 15) is 9.59 Å². The maximum absolute atomic E-state index is 11.5. The van der Waals surface area contributed by atoms with Gasteiger partial charge in [-0.25, -0.2) is 4.79 Å². The summed E-state index contributed by atoms with van der Waals surface area (Å²) in [6.07, 6.45) is 19.7. The van der Waals surface area contributed by atoms with Crippen molar-refractivity contribution in [3.8, 4) is 0 Å². The summed E-state index contributed by atoms with van der Waals surface area (Å²) >= 11 is 0. The van der Waals surface area contributed by atoms with Gasteiger partial charge in [-0.1, -0.05) is 103 Å². The van der Waals surface area contributed by atoms with E-state index in [-0.39, 0.29) is 6.61 Å². The smallest absolute Gasteiger partial charge is 0.374 e. The molecule has 0 bridgehead atoms. The van der Waals surface area contributed by atoms with Crippen LogP contribution in [-0.2, 0) is 14.3 Å². The zero-order chi connectivity index (χ0) is 17.9. The minimum Gasteiger partial charge on any atom is -0.456 e. The van der Waals surface area contributed by atoms with Crippen LogP contribution in [0.25, 0.3) is 0 Å². The van der Waals surface area contributed by atoms with Gasteiger partial charge >= 0.3 is 5.97 Å². The number of unbranched alkanes of at least 4 members (excludes halogenated alkanes) is 13. The summed E-state index contributed by atoms with van der Waals surface area (Å²) in [5, 5.41) is 0. The molecule has 0 unspecified atom stereocenters. The molecule has 0 heterocycles. The van der Waals surface area contributed by atoms with Crippen LogP contribution in [0.5, 0.6) is 0 Å². The molecule has 0 fully saturated rings. The van der Waals surface area contributed by atoms with Crippen molar-refractivity contribution >= 4 is 11.8 Å². The number of hydrogen-bond acceptors (Lipinski definition) is 3. The van der Waals surface area contributed by atoms with Gasteiger partial charge in [0.2, 0.25) is 5.78 Å². The maximum atomic E-state index is 11.5. The monoisotopic (exact) mass is 338 g/mol. The van der Waals surface area contributed by atoms with Crippen molar-refractivity contribution in [2.45, 2.75) is 103 Å². The Morgan fingerprint density at radius 2 is 1.17 bits per heavy atom. The van der Waals surface area contributed by atoms with Crippen LogP contribution in [0.2, 0.25) is 0 Å². The zero-order valence-corrected chi connectivity index (χ0v) is 15.8. The van der Waals surface area contributed by atoms with Gasteiger partial charge in [-0.15, -0.1) is 0 Å². The maximum Gasteiger partial charge on any atom is 0.374 e. The van der Waals surface area contributed by atoms with E-state index in [1.54, 1.807) is 0 Å². The average molecular weight is 339 g/mol. The van der Waals surface area contributed by atoms with E-state index in [4.69, 9.17) is 4.74 Å². The standard InChI is InChI=1S/C21H38O3/c1-3-5-6-7-8-9-10-11-12-13-14-15-16-17-18-20(22)21(23)24-19-4-2/h4H,2-3,5-19H2,1H3. The van der Waals surface area contributed by atoms with Crippen LogP contribution < -0.4 is 0 Å². The van der Waals surface area contributed by atoms with Crippen LogP contribution in [0.1, 0.15) is 103 Å². The van der Waals surface area contributed by atoms with Gasteiger partial charge < -0.3 is 4.74 Å². The van der Waals surface area contributed by atoms with Crippen molar-refractivity contribution in [3.63, 3.8) is 0 Å². The van der Waals surface area contributed by atoms with E-state index in [1.807, 2.05) is 0 Å². The van der Waals surface area contributed by atoms with E-state index in [2.05, 4.69) is 13.5 Å². The highest BCUT2D eigenvalue weighted by Gasteiger charge is 2.13. The molecule has 0 saturated carbocycles. The van der Waals surface area contributed by atoms with Crippen molar-refractivity contribution in [3.05, 3.63) is 12.7 Å². The molecule has 0 aliphatic rings. The third-order valence-electron chi connectivity index (χ3n) is 4.32. The van der Waals surface area contributed by atoms with Crippen molar-refractivity contribution < 1.29 is 14.3 Å². The number of esters is 1. The van der Waals surface area contributed by atoms with Crippen LogP contribution in [0, 0.1) is 0 Å². The summed E-state index contributed by atoms with van der Waals surface area (Å²) in [5.41, 5.74) is 0. The Hall–Kier alpha value is -1.12. The SMILES string of the molecule is C=CCOC(=O)C(=O)CCCCCCCCCCCCCCCC. The van der Waals surface area contributed by atoms with E-state index in [1.165, 1.54) is 76.7 Å². The van der Waals surface area contributed by atoms with Crippen molar-refractivity contribution in [1.29, 1.82) is 0 Å². The summed E-state index contributed by atoms with van der Waals surface area (Å²) < 4.78 is 4.72. The molecule has 0 radical (unpaired) electrons. The van der Waals surface area contributed by atoms with E-state index in [0.717, 1.165) is 19.3 Å². The van der Waals surface area contributed by atoms with Crippen LogP contribution in [-0.4, -0.2) is 18.4 Å². The molecule has 3 nitrogen and oxygen atoms in total. The second-order valence-electron chi connectivity index (χ2n) is 6.66. The summed E-state index contributed by atoms with van der Waals surface area (Å²) in [5.74, 6) is -1.12. The molecule has 24 heavy (non-hydrogen) atoms. The molecule has 0 rings (SSSR count). The van der Waals surface area contributed by atoms with Gasteiger partial charge in [0.05, 0.1) is 0 Å². The summed E-state index contributed by atoms with van der Waals surface area (Å²) in [6.45, 7) is 5.82. The van der Waals surface area contributed by atoms with Gasteiger partial charge in [0.15, 0.2) is 0 Å². The lowest BCUT2D eigenvalue weighted by Gasteiger charge is -2.03. The summed E-state index contributed by atoms with van der Waals surface area (Å²) in [6, 6.07) is 0. The highest BCUT2D eigenvalue weighted by atomic mass is 16.5. The molecule has 0 aliphatic carbocycles. The fourth-order valence-electron chi connectivity index (χ4n) is 2.80. The van der Waals surface area contributed by atoms with Gasteiger partial charge in [0.1, 0.15) is 6.61 Å². The van der Waals surface area contributed by atoms with Gasteiger partial charge in [-0.2, -0.15) is 0 Å². The first-order valence-corrected chi connectivity index (χ1v) is 10.0. The molecule has 0 aromatic rings. The van der Waals surface area contributed by atoms with Gasteiger partial charge in [0.25, 0.3) is 0 Å². The van der Waals surface area contributed by atoms with Crippen LogP contribution in [0.4, 0.5) is 0 Å². The molecule has 0 aromatic heterocycles. The first kappa shape index (κ1) is 22.9. The number of hydrogen-bond donors (Lipinski definition) is 0. The van der Waals surface area contributed by atoms with Crippen molar-refractivity contribution in [1.82, 2.24) is 0 Å².